The van der Waals surface area contributed by atoms with E-state index in [4.69, 9.17) is 4.74 Å². The molecule has 27 heavy (non-hydrogen) atoms. The molecule has 1 amide bonds. The van der Waals surface area contributed by atoms with Crippen molar-refractivity contribution in [3.05, 3.63) is 52.5 Å². The zero-order chi connectivity index (χ0) is 18.3. The maximum absolute atomic E-state index is 13.7. The van der Waals surface area contributed by atoms with Gasteiger partial charge in [0, 0.05) is 51.0 Å². The number of rotatable bonds is 5. The van der Waals surface area contributed by atoms with E-state index in [1.807, 2.05) is 17.2 Å². The number of hydrogen-bond donors (Lipinski definition) is 0. The Morgan fingerprint density at radius 2 is 2.26 bits per heavy atom. The molecule has 0 bridgehead atoms. The summed E-state index contributed by atoms with van der Waals surface area (Å²) in [6.07, 6.45) is 6.33. The number of amides is 1. The van der Waals surface area contributed by atoms with Crippen LogP contribution in [0.25, 0.3) is 0 Å². The summed E-state index contributed by atoms with van der Waals surface area (Å²) < 4.78 is 6.33. The summed E-state index contributed by atoms with van der Waals surface area (Å²) in [6, 6.07) is 6.16. The van der Waals surface area contributed by atoms with Crippen molar-refractivity contribution in [1.82, 2.24) is 14.8 Å². The van der Waals surface area contributed by atoms with Gasteiger partial charge in [-0.05, 0) is 52.8 Å². The zero-order valence-electron chi connectivity index (χ0n) is 15.4. The van der Waals surface area contributed by atoms with Gasteiger partial charge in [-0.3, -0.25) is 14.7 Å². The van der Waals surface area contributed by atoms with Crippen molar-refractivity contribution >= 4 is 17.2 Å². The largest absolute Gasteiger partial charge is 0.361 e. The monoisotopic (exact) mass is 383 g/mol. The first-order valence-corrected chi connectivity index (χ1v) is 10.8. The molecule has 2 atom stereocenters. The fraction of sp³-hybridized carbons (Fsp3) is 0.524. The van der Waals surface area contributed by atoms with E-state index in [1.165, 1.54) is 18.4 Å². The van der Waals surface area contributed by atoms with Crippen LogP contribution in [0.1, 0.15) is 29.9 Å². The lowest BCUT2D eigenvalue weighted by atomic mass is 9.83. The van der Waals surface area contributed by atoms with Crippen LogP contribution in [0.4, 0.5) is 0 Å². The maximum Gasteiger partial charge on any atom is 0.257 e. The van der Waals surface area contributed by atoms with E-state index in [-0.39, 0.29) is 11.8 Å². The zero-order valence-corrected chi connectivity index (χ0v) is 16.2. The molecule has 5 nitrogen and oxygen atoms in total. The van der Waals surface area contributed by atoms with Crippen LogP contribution < -0.4 is 0 Å². The quantitative estimate of drug-likeness (QED) is 0.797. The number of pyridine rings is 1. The molecule has 4 heterocycles. The van der Waals surface area contributed by atoms with E-state index in [1.54, 1.807) is 17.5 Å². The fourth-order valence-corrected chi connectivity index (χ4v) is 5.22. The van der Waals surface area contributed by atoms with E-state index in [0.29, 0.717) is 26.2 Å². The summed E-state index contributed by atoms with van der Waals surface area (Å²) in [5, 5.41) is 4.20. The molecule has 2 saturated heterocycles. The highest BCUT2D eigenvalue weighted by Gasteiger charge is 2.57. The van der Waals surface area contributed by atoms with Crippen LogP contribution in [-0.4, -0.2) is 59.1 Å². The van der Waals surface area contributed by atoms with Gasteiger partial charge in [-0.2, -0.15) is 11.3 Å². The minimum Gasteiger partial charge on any atom is -0.361 e. The van der Waals surface area contributed by atoms with Crippen LogP contribution in [0.2, 0.25) is 0 Å². The third-order valence-corrected chi connectivity index (χ3v) is 6.82. The highest BCUT2D eigenvalue weighted by molar-refractivity contribution is 7.07. The second-order valence-corrected chi connectivity index (χ2v) is 8.85. The minimum atomic E-state index is -0.772. The van der Waals surface area contributed by atoms with Crippen LogP contribution in [0.3, 0.4) is 0 Å². The Balaban J connectivity index is 1.44. The van der Waals surface area contributed by atoms with E-state index < -0.39 is 5.60 Å². The number of hydrogen-bond acceptors (Lipinski definition) is 5. The number of nitrogens with zero attached hydrogens (tertiary/aromatic N) is 3. The number of morpholine rings is 1. The van der Waals surface area contributed by atoms with Crippen molar-refractivity contribution < 1.29 is 9.53 Å². The maximum atomic E-state index is 13.7. The van der Waals surface area contributed by atoms with Crippen molar-refractivity contribution in [3.63, 3.8) is 0 Å². The highest BCUT2D eigenvalue weighted by atomic mass is 32.1. The summed E-state index contributed by atoms with van der Waals surface area (Å²) in [6.45, 7) is 4.60. The lowest BCUT2D eigenvalue weighted by Crippen LogP contribution is -2.60. The molecule has 2 aliphatic heterocycles. The van der Waals surface area contributed by atoms with Gasteiger partial charge in [0.1, 0.15) is 0 Å². The molecule has 0 radical (unpaired) electrons. The smallest absolute Gasteiger partial charge is 0.257 e. The van der Waals surface area contributed by atoms with Gasteiger partial charge >= 0.3 is 0 Å². The summed E-state index contributed by atoms with van der Waals surface area (Å²) in [5.74, 6) is 0.991. The topological polar surface area (TPSA) is 45.7 Å². The SMILES string of the molecule is O=C1N(Cc2ccsc2)CCOC12CN(CC1CC1)CC2c1cccnc1. The van der Waals surface area contributed by atoms with Crippen LogP contribution >= 0.6 is 11.3 Å². The number of thiophene rings is 1. The number of carbonyl (C=O) groups is 1. The van der Waals surface area contributed by atoms with E-state index in [0.717, 1.165) is 24.6 Å². The molecule has 2 aromatic rings. The molecule has 142 valence electrons. The van der Waals surface area contributed by atoms with Gasteiger partial charge in [0.15, 0.2) is 5.60 Å². The third-order valence-electron chi connectivity index (χ3n) is 6.09. The minimum absolute atomic E-state index is 0.0442. The average molecular weight is 384 g/mol. The van der Waals surface area contributed by atoms with Gasteiger partial charge in [0.25, 0.3) is 5.91 Å². The average Bonchev–Trinajstić information content (AvgIpc) is 3.21. The Labute approximate surface area is 164 Å². The van der Waals surface area contributed by atoms with Crippen molar-refractivity contribution in [2.24, 2.45) is 5.92 Å². The molecule has 6 heteroatoms. The molecule has 2 aromatic heterocycles. The predicted octanol–water partition coefficient (Wildman–Crippen LogP) is 2.75. The molecule has 1 aliphatic carbocycles. The molecule has 3 aliphatic rings. The van der Waals surface area contributed by atoms with Crippen LogP contribution in [-0.2, 0) is 16.1 Å². The third kappa shape index (κ3) is 3.30. The summed E-state index contributed by atoms with van der Waals surface area (Å²) in [4.78, 5) is 22.4. The molecule has 2 unspecified atom stereocenters. The standard InChI is InChI=1S/C21H25N3O2S/c25-20-21(26-8-7-24(20)12-17-5-9-27-14-17)15-23(11-16-3-4-16)13-19(21)18-2-1-6-22-10-18/h1-2,5-6,9-10,14,16,19H,3-4,7-8,11-13,15H2. The van der Waals surface area contributed by atoms with Gasteiger partial charge in [0.2, 0.25) is 0 Å². The van der Waals surface area contributed by atoms with Crippen LogP contribution in [0.15, 0.2) is 41.4 Å². The molecular formula is C21H25N3O2S. The first-order valence-electron chi connectivity index (χ1n) is 9.81. The van der Waals surface area contributed by atoms with E-state index in [2.05, 4.69) is 32.8 Å². The molecule has 1 saturated carbocycles. The van der Waals surface area contributed by atoms with E-state index >= 15 is 0 Å². The number of likely N-dealkylation sites (tertiary alicyclic amines) is 1. The molecule has 3 fully saturated rings. The lowest BCUT2D eigenvalue weighted by molar-refractivity contribution is -0.173. The second kappa shape index (κ2) is 7.00. The first kappa shape index (κ1) is 17.3. The van der Waals surface area contributed by atoms with Gasteiger partial charge in [-0.25, -0.2) is 0 Å². The molecular weight excluding hydrogens is 358 g/mol. The second-order valence-electron chi connectivity index (χ2n) is 8.07. The Bertz CT molecular complexity index is 793. The Hall–Kier alpha value is -1.76. The number of ether oxygens (including phenoxy) is 1. The van der Waals surface area contributed by atoms with Gasteiger partial charge in [-0.15, -0.1) is 0 Å². The summed E-state index contributed by atoms with van der Waals surface area (Å²) in [7, 11) is 0. The van der Waals surface area contributed by atoms with Gasteiger partial charge in [0.05, 0.1) is 6.61 Å². The predicted molar refractivity (Wildman–Crippen MR) is 105 cm³/mol. The van der Waals surface area contributed by atoms with Crippen molar-refractivity contribution in [2.45, 2.75) is 30.9 Å². The molecule has 0 N–H and O–H groups in total. The molecule has 5 rings (SSSR count). The summed E-state index contributed by atoms with van der Waals surface area (Å²) >= 11 is 1.68. The normalized spacial score (nSPS) is 29.0. The van der Waals surface area contributed by atoms with Crippen molar-refractivity contribution in [2.75, 3.05) is 32.8 Å². The summed E-state index contributed by atoms with van der Waals surface area (Å²) in [5.41, 5.74) is 1.55. The number of aromatic nitrogens is 1. The van der Waals surface area contributed by atoms with Crippen LogP contribution in [0, 0.1) is 5.92 Å². The van der Waals surface area contributed by atoms with Crippen molar-refractivity contribution in [3.8, 4) is 0 Å². The van der Waals surface area contributed by atoms with Gasteiger partial charge in [-0.1, -0.05) is 6.07 Å². The highest BCUT2D eigenvalue weighted by Crippen LogP contribution is 2.43. The van der Waals surface area contributed by atoms with Gasteiger partial charge < -0.3 is 9.64 Å². The van der Waals surface area contributed by atoms with E-state index in [9.17, 15) is 4.79 Å². The van der Waals surface area contributed by atoms with Crippen molar-refractivity contribution in [1.29, 1.82) is 0 Å². The Morgan fingerprint density at radius 3 is 3.00 bits per heavy atom. The fourth-order valence-electron chi connectivity index (χ4n) is 4.56. The Morgan fingerprint density at radius 1 is 1.33 bits per heavy atom. The lowest BCUT2D eigenvalue weighted by Gasteiger charge is -2.42. The Kier molecular flexibility index (Phi) is 4.50. The van der Waals surface area contributed by atoms with Crippen LogP contribution in [0.5, 0.6) is 0 Å². The molecule has 0 aromatic carbocycles. The first-order chi connectivity index (χ1) is 13.2. The molecule has 1 spiro atoms. The number of carbonyl (C=O) groups excluding carboxylic acids is 1.